The van der Waals surface area contributed by atoms with Gasteiger partial charge in [-0.15, -0.1) is 11.6 Å². The zero-order valence-electron chi connectivity index (χ0n) is 7.49. The molecule has 1 heterocycles. The Morgan fingerprint density at radius 1 is 1.27 bits per heavy atom. The molecule has 1 aromatic heterocycles. The summed E-state index contributed by atoms with van der Waals surface area (Å²) in [5.74, 6) is -1.36. The molecule has 6 heteroatoms. The van der Waals surface area contributed by atoms with E-state index >= 15 is 0 Å². The fourth-order valence-corrected chi connectivity index (χ4v) is 1.39. The number of halogens is 3. The molecule has 0 atom stereocenters. The predicted molar refractivity (Wildman–Crippen MR) is 50.8 cm³/mol. The van der Waals surface area contributed by atoms with Crippen molar-refractivity contribution in [3.8, 4) is 5.69 Å². The highest BCUT2D eigenvalue weighted by Gasteiger charge is 2.13. The van der Waals surface area contributed by atoms with Gasteiger partial charge in [0.05, 0.1) is 0 Å². The second kappa shape index (κ2) is 3.94. The highest BCUT2D eigenvalue weighted by atomic mass is 35.5. The van der Waals surface area contributed by atoms with Crippen LogP contribution in [0.2, 0.25) is 0 Å². The van der Waals surface area contributed by atoms with Crippen LogP contribution >= 0.6 is 11.6 Å². The third-order valence-electron chi connectivity index (χ3n) is 1.88. The minimum Gasteiger partial charge on any atom is -0.223 e. The molecule has 0 N–H and O–H groups in total. The first-order chi connectivity index (χ1) is 7.22. The van der Waals surface area contributed by atoms with E-state index in [4.69, 9.17) is 11.6 Å². The van der Waals surface area contributed by atoms with Gasteiger partial charge in [0.25, 0.3) is 0 Å². The molecule has 0 amide bonds. The van der Waals surface area contributed by atoms with Crippen molar-refractivity contribution in [1.29, 1.82) is 0 Å². The Kier molecular flexibility index (Phi) is 2.64. The second-order valence-electron chi connectivity index (χ2n) is 2.88. The van der Waals surface area contributed by atoms with Gasteiger partial charge in [-0.25, -0.2) is 18.4 Å². The molecule has 2 rings (SSSR count). The van der Waals surface area contributed by atoms with Gasteiger partial charge in [0.2, 0.25) is 0 Å². The molecule has 78 valence electrons. The van der Waals surface area contributed by atoms with Crippen molar-refractivity contribution in [3.63, 3.8) is 0 Å². The molecule has 0 radical (unpaired) electrons. The number of benzene rings is 1. The molecule has 0 unspecified atom stereocenters. The van der Waals surface area contributed by atoms with Crippen LogP contribution in [0.4, 0.5) is 8.78 Å². The number of alkyl halides is 1. The quantitative estimate of drug-likeness (QED) is 0.740. The van der Waals surface area contributed by atoms with Gasteiger partial charge in [-0.3, -0.25) is 0 Å². The molecular formula is C9H6ClF2N3. The molecule has 0 aliphatic heterocycles. The van der Waals surface area contributed by atoms with Crippen molar-refractivity contribution in [2.45, 2.75) is 5.88 Å². The van der Waals surface area contributed by atoms with E-state index < -0.39 is 11.6 Å². The van der Waals surface area contributed by atoms with Gasteiger partial charge in [-0.2, -0.15) is 5.10 Å². The predicted octanol–water partition coefficient (Wildman–Crippen LogP) is 2.28. The zero-order chi connectivity index (χ0) is 10.8. The van der Waals surface area contributed by atoms with Gasteiger partial charge in [0.15, 0.2) is 11.6 Å². The molecule has 0 aliphatic rings. The van der Waals surface area contributed by atoms with E-state index in [1.807, 2.05) is 0 Å². The Labute approximate surface area is 89.3 Å². The van der Waals surface area contributed by atoms with Crippen LogP contribution in [0.1, 0.15) is 5.56 Å². The van der Waals surface area contributed by atoms with E-state index in [9.17, 15) is 8.78 Å². The van der Waals surface area contributed by atoms with E-state index in [2.05, 4.69) is 10.1 Å². The van der Waals surface area contributed by atoms with E-state index in [-0.39, 0.29) is 11.6 Å². The lowest BCUT2D eigenvalue weighted by atomic mass is 10.2. The summed E-state index contributed by atoms with van der Waals surface area (Å²) in [6.45, 7) is 0. The summed E-state index contributed by atoms with van der Waals surface area (Å²) in [6.07, 6.45) is 2.43. The van der Waals surface area contributed by atoms with Crippen molar-refractivity contribution >= 4 is 11.6 Å². The third kappa shape index (κ3) is 1.83. The molecule has 0 saturated carbocycles. The van der Waals surface area contributed by atoms with Crippen molar-refractivity contribution in [3.05, 3.63) is 42.0 Å². The molecule has 1 aromatic carbocycles. The molecule has 15 heavy (non-hydrogen) atoms. The molecule has 0 spiro atoms. The van der Waals surface area contributed by atoms with E-state index in [0.717, 1.165) is 4.68 Å². The summed E-state index contributed by atoms with van der Waals surface area (Å²) in [7, 11) is 0. The zero-order valence-corrected chi connectivity index (χ0v) is 8.25. The Hall–Kier alpha value is -1.49. The monoisotopic (exact) mass is 229 g/mol. The highest BCUT2D eigenvalue weighted by Crippen LogP contribution is 2.19. The first-order valence-corrected chi connectivity index (χ1v) is 4.64. The van der Waals surface area contributed by atoms with Crippen LogP contribution in [0.15, 0.2) is 24.8 Å². The van der Waals surface area contributed by atoms with Gasteiger partial charge >= 0.3 is 0 Å². The topological polar surface area (TPSA) is 30.7 Å². The summed E-state index contributed by atoms with van der Waals surface area (Å²) in [6, 6.07) is 2.35. The van der Waals surface area contributed by atoms with Crippen molar-refractivity contribution in [2.75, 3.05) is 0 Å². The van der Waals surface area contributed by atoms with E-state index in [1.165, 1.54) is 24.8 Å². The van der Waals surface area contributed by atoms with E-state index in [0.29, 0.717) is 5.56 Å². The van der Waals surface area contributed by atoms with Gasteiger partial charge in [0, 0.05) is 5.88 Å². The number of rotatable bonds is 2. The third-order valence-corrected chi connectivity index (χ3v) is 2.19. The molecular weight excluding hydrogens is 224 g/mol. The number of aromatic nitrogens is 3. The molecule has 2 aromatic rings. The fourth-order valence-electron chi connectivity index (χ4n) is 1.24. The van der Waals surface area contributed by atoms with Gasteiger partial charge in [-0.05, 0) is 17.7 Å². The van der Waals surface area contributed by atoms with Crippen LogP contribution in [-0.4, -0.2) is 14.8 Å². The van der Waals surface area contributed by atoms with Crippen LogP contribution < -0.4 is 0 Å². The maximum Gasteiger partial charge on any atom is 0.152 e. The largest absolute Gasteiger partial charge is 0.223 e. The lowest BCUT2D eigenvalue weighted by Gasteiger charge is -2.05. The summed E-state index contributed by atoms with van der Waals surface area (Å²) < 4.78 is 28.0. The molecule has 0 saturated heterocycles. The van der Waals surface area contributed by atoms with Crippen molar-refractivity contribution < 1.29 is 8.78 Å². The highest BCUT2D eigenvalue weighted by molar-refractivity contribution is 6.17. The second-order valence-corrected chi connectivity index (χ2v) is 3.15. The van der Waals surface area contributed by atoms with Crippen LogP contribution in [-0.2, 0) is 5.88 Å². The summed E-state index contributed by atoms with van der Waals surface area (Å²) >= 11 is 5.48. The maximum absolute atomic E-state index is 13.5. The van der Waals surface area contributed by atoms with Gasteiger partial charge < -0.3 is 0 Å². The fraction of sp³-hybridized carbons (Fsp3) is 0.111. The van der Waals surface area contributed by atoms with Gasteiger partial charge in [0.1, 0.15) is 18.3 Å². The number of hydrogen-bond donors (Lipinski definition) is 0. The normalized spacial score (nSPS) is 10.6. The Bertz CT molecular complexity index is 447. The SMILES string of the molecule is Fc1cc(CCl)cc(F)c1-n1cncn1. The minimum atomic E-state index is -0.712. The van der Waals surface area contributed by atoms with Crippen LogP contribution in [0, 0.1) is 11.6 Å². The standard InChI is InChI=1S/C9H6ClF2N3/c10-3-6-1-7(11)9(8(12)2-6)15-5-13-4-14-15/h1-2,4-5H,3H2. The van der Waals surface area contributed by atoms with Crippen LogP contribution in [0.5, 0.6) is 0 Å². The Morgan fingerprint density at radius 3 is 2.40 bits per heavy atom. The lowest BCUT2D eigenvalue weighted by molar-refractivity contribution is 0.558. The molecule has 0 aliphatic carbocycles. The lowest BCUT2D eigenvalue weighted by Crippen LogP contribution is -2.03. The average molecular weight is 230 g/mol. The summed E-state index contributed by atoms with van der Waals surface area (Å²) in [4.78, 5) is 3.62. The number of nitrogens with zero attached hydrogens (tertiary/aromatic N) is 3. The van der Waals surface area contributed by atoms with Crippen LogP contribution in [0.25, 0.3) is 5.69 Å². The summed E-state index contributed by atoms with van der Waals surface area (Å²) in [5.41, 5.74) is 0.136. The Morgan fingerprint density at radius 2 is 1.93 bits per heavy atom. The first-order valence-electron chi connectivity index (χ1n) is 4.11. The van der Waals surface area contributed by atoms with Crippen molar-refractivity contribution in [2.24, 2.45) is 0 Å². The van der Waals surface area contributed by atoms with Crippen molar-refractivity contribution in [1.82, 2.24) is 14.8 Å². The smallest absolute Gasteiger partial charge is 0.152 e. The minimum absolute atomic E-state index is 0.0610. The molecule has 0 fully saturated rings. The number of hydrogen-bond acceptors (Lipinski definition) is 2. The first kappa shape index (κ1) is 10.0. The van der Waals surface area contributed by atoms with E-state index in [1.54, 1.807) is 0 Å². The molecule has 0 bridgehead atoms. The Balaban J connectivity index is 2.58. The van der Waals surface area contributed by atoms with Crippen LogP contribution in [0.3, 0.4) is 0 Å². The van der Waals surface area contributed by atoms with Gasteiger partial charge in [-0.1, -0.05) is 0 Å². The average Bonchev–Trinajstić information content (AvgIpc) is 2.69. The summed E-state index contributed by atoms with van der Waals surface area (Å²) in [5, 5.41) is 3.66. The maximum atomic E-state index is 13.5. The molecule has 3 nitrogen and oxygen atoms in total.